The van der Waals surface area contributed by atoms with Crippen LogP contribution >= 0.6 is 0 Å². The predicted molar refractivity (Wildman–Crippen MR) is 127 cm³/mol. The molecule has 0 amide bonds. The van der Waals surface area contributed by atoms with Crippen LogP contribution in [0.4, 0.5) is 5.69 Å². The molecule has 0 aliphatic heterocycles. The summed E-state index contributed by atoms with van der Waals surface area (Å²) in [6.07, 6.45) is 6.20. The largest absolute Gasteiger partial charge is 0.496 e. The van der Waals surface area contributed by atoms with E-state index in [4.69, 9.17) is 4.74 Å². The molecule has 32 heavy (non-hydrogen) atoms. The van der Waals surface area contributed by atoms with Gasteiger partial charge in [0, 0.05) is 22.4 Å². The van der Waals surface area contributed by atoms with Crippen LogP contribution in [-0.4, -0.2) is 37.0 Å². The first-order valence-electron chi connectivity index (χ1n) is 9.86. The van der Waals surface area contributed by atoms with Gasteiger partial charge >= 0.3 is 0 Å². The Labute approximate surface area is 187 Å². The lowest BCUT2D eigenvalue weighted by Gasteiger charge is -2.24. The second-order valence-electron chi connectivity index (χ2n) is 8.39. The molecule has 9 heteroatoms. The Hall–Kier alpha value is -3.46. The fourth-order valence-electron chi connectivity index (χ4n) is 3.25. The number of sulfonamides is 1. The Morgan fingerprint density at radius 3 is 2.34 bits per heavy atom. The monoisotopic (exact) mass is 454 g/mol. The maximum Gasteiger partial charge on any atom is 0.290 e. The van der Waals surface area contributed by atoms with Gasteiger partial charge in [0.15, 0.2) is 0 Å². The number of methoxy groups -OCH3 is 1. The highest BCUT2D eigenvalue weighted by atomic mass is 32.2. The second kappa shape index (κ2) is 8.96. The Morgan fingerprint density at radius 1 is 1.09 bits per heavy atom. The van der Waals surface area contributed by atoms with Crippen LogP contribution in [0, 0.1) is 0 Å². The number of anilines is 1. The average molecular weight is 455 g/mol. The number of benzene rings is 2. The number of nitrogens with zero attached hydrogens (tertiary/aromatic N) is 2. The van der Waals surface area contributed by atoms with Crippen LogP contribution in [0.15, 0.2) is 47.5 Å². The van der Waals surface area contributed by atoms with Gasteiger partial charge in [-0.25, -0.2) is 18.5 Å². The summed E-state index contributed by atoms with van der Waals surface area (Å²) in [6, 6.07) is 10.8. The molecule has 8 nitrogen and oxygen atoms in total. The zero-order valence-corrected chi connectivity index (χ0v) is 19.4. The third-order valence-corrected chi connectivity index (χ3v) is 5.30. The van der Waals surface area contributed by atoms with E-state index in [-0.39, 0.29) is 16.7 Å². The van der Waals surface area contributed by atoms with Crippen molar-refractivity contribution < 1.29 is 13.2 Å². The molecule has 3 aromatic rings. The van der Waals surface area contributed by atoms with E-state index in [1.54, 1.807) is 31.4 Å². The average Bonchev–Trinajstić information content (AvgIpc) is 2.71. The predicted octanol–water partition coefficient (Wildman–Crippen LogP) is 3.68. The van der Waals surface area contributed by atoms with Gasteiger partial charge in [-0.2, -0.15) is 5.10 Å². The number of ether oxygens (including phenoxy) is 1. The molecule has 0 radical (unpaired) electrons. The highest BCUT2D eigenvalue weighted by Gasteiger charge is 2.23. The molecule has 0 fully saturated rings. The molecule has 1 heterocycles. The fourth-order valence-corrected chi connectivity index (χ4v) is 3.81. The van der Waals surface area contributed by atoms with Crippen molar-refractivity contribution in [2.75, 3.05) is 18.1 Å². The summed E-state index contributed by atoms with van der Waals surface area (Å²) in [7, 11) is -1.71. The van der Waals surface area contributed by atoms with Gasteiger partial charge in [0.05, 0.1) is 13.4 Å². The number of hydrogen-bond acceptors (Lipinski definition) is 6. The first-order chi connectivity index (χ1) is 15.0. The van der Waals surface area contributed by atoms with Crippen molar-refractivity contribution in [3.05, 3.63) is 69.8 Å². The molecular formula is C23H26N4O4S. The smallest absolute Gasteiger partial charge is 0.290 e. The number of H-pyrrole nitrogens is 1. The van der Waals surface area contributed by atoms with E-state index < -0.39 is 10.0 Å². The molecule has 0 spiro atoms. The quantitative estimate of drug-likeness (QED) is 0.549. The summed E-state index contributed by atoms with van der Waals surface area (Å²) >= 11 is 0. The maximum atomic E-state index is 12.3. The summed E-state index contributed by atoms with van der Waals surface area (Å²) in [5.41, 5.74) is 3.39. The highest BCUT2D eigenvalue weighted by Crippen LogP contribution is 2.38. The minimum atomic E-state index is -3.33. The maximum absolute atomic E-state index is 12.3. The van der Waals surface area contributed by atoms with Crippen molar-refractivity contribution >= 4 is 27.9 Å². The van der Waals surface area contributed by atoms with Gasteiger partial charge in [0.25, 0.3) is 5.56 Å². The number of aromatic amines is 1. The lowest BCUT2D eigenvalue weighted by Crippen LogP contribution is -2.16. The first kappa shape index (κ1) is 23.2. The first-order valence-corrected chi connectivity index (χ1v) is 11.8. The Kier molecular flexibility index (Phi) is 6.50. The van der Waals surface area contributed by atoms with E-state index in [1.807, 2.05) is 24.3 Å². The van der Waals surface area contributed by atoms with Crippen LogP contribution < -0.4 is 15.0 Å². The van der Waals surface area contributed by atoms with Crippen molar-refractivity contribution in [3.63, 3.8) is 0 Å². The van der Waals surface area contributed by atoms with Crippen LogP contribution in [0.5, 0.6) is 5.75 Å². The summed E-state index contributed by atoms with van der Waals surface area (Å²) in [6.45, 7) is 6.21. The van der Waals surface area contributed by atoms with E-state index in [0.717, 1.165) is 22.9 Å². The number of rotatable bonds is 6. The number of nitrogens with one attached hydrogen (secondary N) is 2. The minimum absolute atomic E-state index is 0.247. The summed E-state index contributed by atoms with van der Waals surface area (Å²) < 4.78 is 30.9. The molecule has 1 aromatic heterocycles. The Balaban J connectivity index is 2.07. The normalized spacial score (nSPS) is 12.2. The van der Waals surface area contributed by atoms with Crippen LogP contribution in [0.3, 0.4) is 0 Å². The van der Waals surface area contributed by atoms with E-state index in [0.29, 0.717) is 17.0 Å². The standard InChI is InChI=1S/C23H26N4O4S/c1-23(2,3)19-13-17(20-22(28)26-25-14-24-20)12-16(21(19)31-4)9-6-15-7-10-18(11-8-15)27-32(5,29)30/h6-14,27H,1-5H3,(H,26,28)/b9-6+. The third-order valence-electron chi connectivity index (χ3n) is 4.70. The fraction of sp³-hybridized carbons (Fsp3) is 0.261. The van der Waals surface area contributed by atoms with Gasteiger partial charge in [-0.3, -0.25) is 9.52 Å². The molecule has 0 saturated carbocycles. The highest BCUT2D eigenvalue weighted by molar-refractivity contribution is 7.92. The van der Waals surface area contributed by atoms with E-state index in [2.05, 4.69) is 40.7 Å². The van der Waals surface area contributed by atoms with Gasteiger partial charge in [-0.15, -0.1) is 0 Å². The molecule has 0 aliphatic rings. The van der Waals surface area contributed by atoms with Crippen molar-refractivity contribution in [3.8, 4) is 17.0 Å². The summed E-state index contributed by atoms with van der Waals surface area (Å²) in [5, 5.41) is 6.09. The molecule has 0 unspecified atom stereocenters. The second-order valence-corrected chi connectivity index (χ2v) is 10.1. The van der Waals surface area contributed by atoms with Gasteiger partial charge in [0.1, 0.15) is 17.8 Å². The van der Waals surface area contributed by atoms with E-state index in [1.165, 1.54) is 6.33 Å². The molecule has 2 N–H and O–H groups in total. The summed E-state index contributed by atoms with van der Waals surface area (Å²) in [5.74, 6) is 0.707. The van der Waals surface area contributed by atoms with Crippen LogP contribution in [0.25, 0.3) is 23.4 Å². The topological polar surface area (TPSA) is 114 Å². The molecular weight excluding hydrogens is 428 g/mol. The van der Waals surface area contributed by atoms with Crippen molar-refractivity contribution in [1.29, 1.82) is 0 Å². The third kappa shape index (κ3) is 5.61. The Morgan fingerprint density at radius 2 is 1.78 bits per heavy atom. The van der Waals surface area contributed by atoms with Crippen LogP contribution in [0.2, 0.25) is 0 Å². The lowest BCUT2D eigenvalue weighted by molar-refractivity contribution is 0.397. The van der Waals surface area contributed by atoms with Gasteiger partial charge < -0.3 is 4.74 Å². The van der Waals surface area contributed by atoms with Crippen molar-refractivity contribution in [2.24, 2.45) is 0 Å². The van der Waals surface area contributed by atoms with Gasteiger partial charge in [0.2, 0.25) is 10.0 Å². The molecule has 0 aliphatic carbocycles. The number of hydrogen-bond donors (Lipinski definition) is 2. The van der Waals surface area contributed by atoms with Crippen molar-refractivity contribution in [2.45, 2.75) is 26.2 Å². The van der Waals surface area contributed by atoms with E-state index >= 15 is 0 Å². The Bertz CT molecular complexity index is 1310. The molecule has 0 atom stereocenters. The van der Waals surface area contributed by atoms with Crippen LogP contribution in [-0.2, 0) is 15.4 Å². The molecule has 2 aromatic carbocycles. The van der Waals surface area contributed by atoms with Crippen LogP contribution in [0.1, 0.15) is 37.5 Å². The molecule has 168 valence electrons. The number of aromatic nitrogens is 3. The lowest BCUT2D eigenvalue weighted by atomic mass is 9.83. The van der Waals surface area contributed by atoms with Gasteiger partial charge in [-0.1, -0.05) is 45.1 Å². The van der Waals surface area contributed by atoms with Gasteiger partial charge in [-0.05, 0) is 35.2 Å². The zero-order valence-electron chi connectivity index (χ0n) is 18.6. The van der Waals surface area contributed by atoms with E-state index in [9.17, 15) is 13.2 Å². The SMILES string of the molecule is COc1c(/C=C/c2ccc(NS(C)(=O)=O)cc2)cc(-c2ncn[nH]c2=O)cc1C(C)(C)C. The minimum Gasteiger partial charge on any atom is -0.496 e. The summed E-state index contributed by atoms with van der Waals surface area (Å²) in [4.78, 5) is 16.4. The molecule has 0 bridgehead atoms. The molecule has 0 saturated heterocycles. The zero-order chi connectivity index (χ0) is 23.5. The molecule has 3 rings (SSSR count). The van der Waals surface area contributed by atoms with Crippen molar-refractivity contribution in [1.82, 2.24) is 15.2 Å².